The monoisotopic (exact) mass is 386 g/mol. The normalized spacial score (nSPS) is 11.9. The van der Waals surface area contributed by atoms with E-state index < -0.39 is 0 Å². The van der Waals surface area contributed by atoms with Gasteiger partial charge in [-0.15, -0.1) is 11.3 Å². The number of Topliss-reactive ketones (excluding diaryl/α,β-unsaturated/α-hetero) is 1. The van der Waals surface area contributed by atoms with E-state index in [1.165, 1.54) is 11.1 Å². The molecule has 0 radical (unpaired) electrons. The van der Waals surface area contributed by atoms with Crippen LogP contribution in [0.1, 0.15) is 64.7 Å². The van der Waals surface area contributed by atoms with Crippen molar-refractivity contribution in [2.24, 2.45) is 5.92 Å². The quantitative estimate of drug-likeness (QED) is 0.616. The molecule has 27 heavy (non-hydrogen) atoms. The van der Waals surface area contributed by atoms with E-state index in [2.05, 4.69) is 50.5 Å². The van der Waals surface area contributed by atoms with Crippen molar-refractivity contribution in [3.8, 4) is 0 Å². The Kier molecular flexibility index (Phi) is 7.60. The van der Waals surface area contributed by atoms with Gasteiger partial charge in [0.05, 0.1) is 6.54 Å². The molecule has 1 heterocycles. The highest BCUT2D eigenvalue weighted by molar-refractivity contribution is 7.10. The van der Waals surface area contributed by atoms with Gasteiger partial charge >= 0.3 is 6.03 Å². The topological polar surface area (TPSA) is 58.2 Å². The Labute approximate surface area is 166 Å². The van der Waals surface area contributed by atoms with Gasteiger partial charge in [0.1, 0.15) is 0 Å². The molecule has 2 amide bonds. The molecular formula is C22H30N2O2S. The lowest BCUT2D eigenvalue weighted by molar-refractivity contribution is 0.101. The van der Waals surface area contributed by atoms with Crippen LogP contribution < -0.4 is 10.6 Å². The zero-order valence-electron chi connectivity index (χ0n) is 16.9. The summed E-state index contributed by atoms with van der Waals surface area (Å²) in [5.41, 5.74) is 5.44. The fraction of sp³-hybridized carbons (Fsp3) is 0.455. The lowest BCUT2D eigenvalue weighted by Gasteiger charge is -2.13. The van der Waals surface area contributed by atoms with Gasteiger partial charge in [-0.25, -0.2) is 4.79 Å². The fourth-order valence-electron chi connectivity index (χ4n) is 2.90. The Morgan fingerprint density at radius 2 is 1.81 bits per heavy atom. The summed E-state index contributed by atoms with van der Waals surface area (Å²) in [4.78, 5) is 25.2. The Morgan fingerprint density at radius 3 is 2.44 bits per heavy atom. The molecule has 5 heteroatoms. The van der Waals surface area contributed by atoms with Crippen LogP contribution in [0.25, 0.3) is 0 Å². The van der Waals surface area contributed by atoms with Gasteiger partial charge in [-0.3, -0.25) is 4.79 Å². The van der Waals surface area contributed by atoms with Gasteiger partial charge in [0.25, 0.3) is 0 Å². The molecule has 4 nitrogen and oxygen atoms in total. The second kappa shape index (κ2) is 9.70. The Balaban J connectivity index is 1.95. The van der Waals surface area contributed by atoms with Crippen LogP contribution in [-0.4, -0.2) is 11.8 Å². The van der Waals surface area contributed by atoms with Gasteiger partial charge in [0.2, 0.25) is 0 Å². The molecule has 0 fully saturated rings. The van der Waals surface area contributed by atoms with Gasteiger partial charge in [0.15, 0.2) is 5.78 Å². The van der Waals surface area contributed by atoms with E-state index in [1.54, 1.807) is 18.3 Å². The summed E-state index contributed by atoms with van der Waals surface area (Å²) in [6, 6.07) is 6.00. The molecule has 0 spiro atoms. The van der Waals surface area contributed by atoms with Gasteiger partial charge < -0.3 is 10.6 Å². The van der Waals surface area contributed by atoms with E-state index in [0.29, 0.717) is 19.0 Å². The highest BCUT2D eigenvalue weighted by Gasteiger charge is 2.17. The minimum atomic E-state index is -0.194. The lowest BCUT2D eigenvalue weighted by Crippen LogP contribution is -2.34. The molecule has 2 rings (SSSR count). The molecule has 1 aromatic heterocycles. The molecule has 0 aliphatic rings. The molecule has 1 aromatic carbocycles. The van der Waals surface area contributed by atoms with Gasteiger partial charge in [-0.1, -0.05) is 38.5 Å². The van der Waals surface area contributed by atoms with Crippen molar-refractivity contribution < 1.29 is 9.59 Å². The molecule has 0 aliphatic carbocycles. The SMILES string of the molecule is CCC(C)Cc1c(C(C)=O)csc1CNC(=O)NCc1ccc(C)c(C)c1. The molecule has 0 aliphatic heterocycles. The van der Waals surface area contributed by atoms with Crippen molar-refractivity contribution in [2.75, 3.05) is 0 Å². The van der Waals surface area contributed by atoms with E-state index in [0.717, 1.165) is 34.4 Å². The fourth-order valence-corrected chi connectivity index (χ4v) is 3.96. The molecule has 146 valence electrons. The van der Waals surface area contributed by atoms with Gasteiger partial charge in [0, 0.05) is 22.4 Å². The second-order valence-corrected chi connectivity index (χ2v) is 8.24. The van der Waals surface area contributed by atoms with E-state index in [-0.39, 0.29) is 11.8 Å². The second-order valence-electron chi connectivity index (χ2n) is 7.28. The highest BCUT2D eigenvalue weighted by Crippen LogP contribution is 2.27. The van der Waals surface area contributed by atoms with Crippen molar-refractivity contribution >= 4 is 23.2 Å². The molecule has 1 atom stereocenters. The van der Waals surface area contributed by atoms with Crippen LogP contribution >= 0.6 is 11.3 Å². The number of nitrogens with one attached hydrogen (secondary N) is 2. The standard InChI is InChI=1S/C22H30N2O2S/c1-6-14(2)9-19-20(17(5)25)13-27-21(19)12-24-22(26)23-11-18-8-7-15(3)16(4)10-18/h7-8,10,13-14H,6,9,11-12H2,1-5H3,(H2,23,24,26). The number of hydrogen-bond donors (Lipinski definition) is 2. The lowest BCUT2D eigenvalue weighted by atomic mass is 9.95. The number of ketones is 1. The minimum Gasteiger partial charge on any atom is -0.334 e. The molecule has 2 aromatic rings. The predicted molar refractivity (Wildman–Crippen MR) is 112 cm³/mol. The van der Waals surface area contributed by atoms with Crippen molar-refractivity contribution in [1.82, 2.24) is 10.6 Å². The summed E-state index contributed by atoms with van der Waals surface area (Å²) in [7, 11) is 0. The Morgan fingerprint density at radius 1 is 1.11 bits per heavy atom. The van der Waals surface area contributed by atoms with Gasteiger partial charge in [-0.05, 0) is 55.4 Å². The summed E-state index contributed by atoms with van der Waals surface area (Å²) in [5.74, 6) is 0.602. The van der Waals surface area contributed by atoms with E-state index >= 15 is 0 Å². The van der Waals surface area contributed by atoms with Crippen LogP contribution in [0.3, 0.4) is 0 Å². The van der Waals surface area contributed by atoms with Crippen LogP contribution in [0.5, 0.6) is 0 Å². The van der Waals surface area contributed by atoms with Crippen LogP contribution in [0.4, 0.5) is 4.79 Å². The van der Waals surface area contributed by atoms with Crippen LogP contribution in [0.2, 0.25) is 0 Å². The third kappa shape index (κ3) is 5.93. The molecular weight excluding hydrogens is 356 g/mol. The average molecular weight is 387 g/mol. The molecule has 0 saturated heterocycles. The van der Waals surface area contributed by atoms with Crippen molar-refractivity contribution in [3.05, 3.63) is 56.3 Å². The number of carbonyl (C=O) groups excluding carboxylic acids is 2. The highest BCUT2D eigenvalue weighted by atomic mass is 32.1. The largest absolute Gasteiger partial charge is 0.334 e. The predicted octanol–water partition coefficient (Wildman–Crippen LogP) is 5.16. The molecule has 2 N–H and O–H groups in total. The zero-order chi connectivity index (χ0) is 20.0. The molecule has 0 bridgehead atoms. The minimum absolute atomic E-state index is 0.0926. The summed E-state index contributed by atoms with van der Waals surface area (Å²) in [5, 5.41) is 7.75. The first-order valence-corrected chi connectivity index (χ1v) is 10.4. The maximum Gasteiger partial charge on any atom is 0.315 e. The average Bonchev–Trinajstić information content (AvgIpc) is 3.03. The number of urea groups is 1. The first-order valence-electron chi connectivity index (χ1n) is 9.49. The number of benzene rings is 1. The number of thiophene rings is 1. The van der Waals surface area contributed by atoms with E-state index in [9.17, 15) is 9.59 Å². The third-order valence-electron chi connectivity index (χ3n) is 5.04. The summed E-state index contributed by atoms with van der Waals surface area (Å²) < 4.78 is 0. The Bertz CT molecular complexity index is 811. The first kappa shape index (κ1) is 21.2. The molecule has 0 saturated carbocycles. The maximum absolute atomic E-state index is 12.2. The number of hydrogen-bond acceptors (Lipinski definition) is 3. The first-order chi connectivity index (χ1) is 12.8. The number of aryl methyl sites for hydroxylation is 2. The summed E-state index contributed by atoms with van der Waals surface area (Å²) in [6.45, 7) is 11.0. The van der Waals surface area contributed by atoms with E-state index in [1.807, 2.05) is 11.4 Å². The zero-order valence-corrected chi connectivity index (χ0v) is 17.8. The number of rotatable bonds is 8. The smallest absolute Gasteiger partial charge is 0.315 e. The number of carbonyl (C=O) groups is 2. The van der Waals surface area contributed by atoms with Crippen LogP contribution in [-0.2, 0) is 19.5 Å². The summed E-state index contributed by atoms with van der Waals surface area (Å²) >= 11 is 1.55. The van der Waals surface area contributed by atoms with Crippen LogP contribution in [0.15, 0.2) is 23.6 Å². The van der Waals surface area contributed by atoms with Crippen LogP contribution in [0, 0.1) is 19.8 Å². The maximum atomic E-state index is 12.2. The van der Waals surface area contributed by atoms with Crippen molar-refractivity contribution in [2.45, 2.75) is 60.5 Å². The van der Waals surface area contributed by atoms with E-state index in [4.69, 9.17) is 0 Å². The Hall–Kier alpha value is -2.14. The van der Waals surface area contributed by atoms with Crippen molar-refractivity contribution in [3.63, 3.8) is 0 Å². The third-order valence-corrected chi connectivity index (χ3v) is 6.07. The molecule has 1 unspecified atom stereocenters. The van der Waals surface area contributed by atoms with Gasteiger partial charge in [-0.2, -0.15) is 0 Å². The van der Waals surface area contributed by atoms with Crippen molar-refractivity contribution in [1.29, 1.82) is 0 Å². The summed E-state index contributed by atoms with van der Waals surface area (Å²) in [6.07, 6.45) is 1.94. The number of amides is 2.